The van der Waals surface area contributed by atoms with Gasteiger partial charge in [-0.3, -0.25) is 4.79 Å². The third kappa shape index (κ3) is 4.86. The first kappa shape index (κ1) is 20.7. The van der Waals surface area contributed by atoms with Gasteiger partial charge in [0.2, 0.25) is 5.91 Å². The highest BCUT2D eigenvalue weighted by Gasteiger charge is 2.10. The molecule has 0 bridgehead atoms. The molecule has 0 fully saturated rings. The number of nitriles is 1. The second-order valence-corrected chi connectivity index (χ2v) is 6.54. The van der Waals surface area contributed by atoms with Gasteiger partial charge in [0, 0.05) is 11.8 Å². The van der Waals surface area contributed by atoms with Crippen molar-refractivity contribution < 1.29 is 14.3 Å². The molecule has 0 aliphatic heterocycles. The van der Waals surface area contributed by atoms with Crippen molar-refractivity contribution in [2.45, 2.75) is 13.8 Å². The number of hydrogen-bond donors (Lipinski definition) is 1. The maximum atomic E-state index is 12.5. The summed E-state index contributed by atoms with van der Waals surface area (Å²) >= 11 is 0. The number of amides is 1. The zero-order chi connectivity index (χ0) is 21.5. The molecule has 3 aromatic rings. The predicted molar refractivity (Wildman–Crippen MR) is 115 cm³/mol. The van der Waals surface area contributed by atoms with Crippen molar-refractivity contribution in [1.82, 2.24) is 9.78 Å². The summed E-state index contributed by atoms with van der Waals surface area (Å²) in [5.74, 6) is 0.690. The number of rotatable bonds is 7. The SMILES string of the molecule is COc1cc(/C=C/C(=O)Nc2ccccc2-n2nc(C)cc2C)ccc1OCC#N. The van der Waals surface area contributed by atoms with Crippen LogP contribution < -0.4 is 14.8 Å². The number of methoxy groups -OCH3 is 1. The van der Waals surface area contributed by atoms with Gasteiger partial charge in [0.25, 0.3) is 0 Å². The Bertz CT molecular complexity index is 1130. The topological polar surface area (TPSA) is 89.2 Å². The van der Waals surface area contributed by atoms with Crippen molar-refractivity contribution in [3.05, 3.63) is 71.6 Å². The smallest absolute Gasteiger partial charge is 0.248 e. The third-order valence-corrected chi connectivity index (χ3v) is 4.31. The predicted octanol–water partition coefficient (Wildman–Crippen LogP) is 4.05. The van der Waals surface area contributed by atoms with E-state index in [0.717, 1.165) is 22.6 Å². The van der Waals surface area contributed by atoms with Gasteiger partial charge in [0.15, 0.2) is 18.1 Å². The normalized spacial score (nSPS) is 10.6. The van der Waals surface area contributed by atoms with Crippen molar-refractivity contribution in [1.29, 1.82) is 5.26 Å². The molecule has 0 aliphatic rings. The van der Waals surface area contributed by atoms with Gasteiger partial charge in [-0.15, -0.1) is 0 Å². The molecular formula is C23H22N4O3. The van der Waals surface area contributed by atoms with Crippen molar-refractivity contribution in [2.75, 3.05) is 19.0 Å². The zero-order valence-corrected chi connectivity index (χ0v) is 17.0. The van der Waals surface area contributed by atoms with Crippen LogP contribution in [0.3, 0.4) is 0 Å². The summed E-state index contributed by atoms with van der Waals surface area (Å²) in [4.78, 5) is 12.5. The number of benzene rings is 2. The first-order valence-electron chi connectivity index (χ1n) is 9.31. The van der Waals surface area contributed by atoms with Crippen LogP contribution in [0, 0.1) is 25.2 Å². The molecule has 3 rings (SSSR count). The van der Waals surface area contributed by atoms with Crippen LogP contribution in [0.2, 0.25) is 0 Å². The Morgan fingerprint density at radius 3 is 2.70 bits per heavy atom. The van der Waals surface area contributed by atoms with Gasteiger partial charge in [0.1, 0.15) is 6.07 Å². The maximum absolute atomic E-state index is 12.5. The largest absolute Gasteiger partial charge is 0.493 e. The van der Waals surface area contributed by atoms with Gasteiger partial charge in [0.05, 0.1) is 24.2 Å². The molecule has 1 N–H and O–H groups in total. The average molecular weight is 402 g/mol. The van der Waals surface area contributed by atoms with E-state index in [1.54, 1.807) is 29.0 Å². The fourth-order valence-electron chi connectivity index (χ4n) is 3.00. The maximum Gasteiger partial charge on any atom is 0.248 e. The molecule has 0 spiro atoms. The molecule has 2 aromatic carbocycles. The first-order chi connectivity index (χ1) is 14.5. The Morgan fingerprint density at radius 1 is 1.20 bits per heavy atom. The molecule has 0 atom stereocenters. The minimum Gasteiger partial charge on any atom is -0.493 e. The van der Waals surface area contributed by atoms with E-state index in [4.69, 9.17) is 14.7 Å². The number of carbonyl (C=O) groups is 1. The van der Waals surface area contributed by atoms with E-state index >= 15 is 0 Å². The number of nitrogens with zero attached hydrogens (tertiary/aromatic N) is 3. The summed E-state index contributed by atoms with van der Waals surface area (Å²) in [6.07, 6.45) is 3.13. The zero-order valence-electron chi connectivity index (χ0n) is 17.0. The number of aromatic nitrogens is 2. The van der Waals surface area contributed by atoms with E-state index < -0.39 is 0 Å². The van der Waals surface area contributed by atoms with E-state index in [9.17, 15) is 4.79 Å². The number of ether oxygens (including phenoxy) is 2. The molecule has 1 aromatic heterocycles. The van der Waals surface area contributed by atoms with E-state index in [0.29, 0.717) is 17.2 Å². The second kappa shape index (κ2) is 9.43. The highest BCUT2D eigenvalue weighted by Crippen LogP contribution is 2.28. The number of anilines is 1. The Hall–Kier alpha value is -4.05. The van der Waals surface area contributed by atoms with Crippen LogP contribution in [0.5, 0.6) is 11.5 Å². The van der Waals surface area contributed by atoms with Crippen LogP contribution in [0.15, 0.2) is 54.6 Å². The molecule has 30 heavy (non-hydrogen) atoms. The summed E-state index contributed by atoms with van der Waals surface area (Å²) in [5.41, 5.74) is 4.11. The summed E-state index contributed by atoms with van der Waals surface area (Å²) in [6.45, 7) is 3.83. The van der Waals surface area contributed by atoms with Crippen molar-refractivity contribution >= 4 is 17.7 Å². The Kier molecular flexibility index (Phi) is 6.50. The van der Waals surface area contributed by atoms with Crippen molar-refractivity contribution in [2.24, 2.45) is 0 Å². The molecule has 0 aliphatic carbocycles. The average Bonchev–Trinajstić information content (AvgIpc) is 3.09. The molecular weight excluding hydrogens is 380 g/mol. The molecule has 0 saturated heterocycles. The van der Waals surface area contributed by atoms with Crippen LogP contribution >= 0.6 is 0 Å². The third-order valence-electron chi connectivity index (χ3n) is 4.31. The van der Waals surface area contributed by atoms with E-state index in [-0.39, 0.29) is 12.5 Å². The lowest BCUT2D eigenvalue weighted by atomic mass is 10.2. The highest BCUT2D eigenvalue weighted by molar-refractivity contribution is 6.03. The molecule has 0 radical (unpaired) electrons. The molecule has 7 heteroatoms. The standard InChI is InChI=1S/C23H22N4O3/c1-16-14-17(2)27(26-16)20-7-5-4-6-19(20)25-23(28)11-9-18-8-10-21(30-13-12-24)22(15-18)29-3/h4-11,14-15H,13H2,1-3H3,(H,25,28)/b11-9+. The molecule has 152 valence electrons. The molecule has 7 nitrogen and oxygen atoms in total. The first-order valence-corrected chi connectivity index (χ1v) is 9.31. The van der Waals surface area contributed by atoms with Gasteiger partial charge in [-0.2, -0.15) is 10.4 Å². The number of aryl methyl sites for hydroxylation is 2. The van der Waals surface area contributed by atoms with Crippen LogP contribution in [0.25, 0.3) is 11.8 Å². The van der Waals surface area contributed by atoms with Crippen molar-refractivity contribution in [3.63, 3.8) is 0 Å². The molecule has 0 saturated carbocycles. The number of hydrogen-bond acceptors (Lipinski definition) is 5. The number of para-hydroxylation sites is 2. The number of carbonyl (C=O) groups excluding carboxylic acids is 1. The lowest BCUT2D eigenvalue weighted by Gasteiger charge is -2.11. The van der Waals surface area contributed by atoms with E-state index in [1.807, 2.05) is 50.2 Å². The van der Waals surface area contributed by atoms with Gasteiger partial charge < -0.3 is 14.8 Å². The van der Waals surface area contributed by atoms with E-state index in [1.165, 1.54) is 13.2 Å². The van der Waals surface area contributed by atoms with Gasteiger partial charge in [-0.05, 0) is 55.8 Å². The lowest BCUT2D eigenvalue weighted by molar-refractivity contribution is -0.111. The van der Waals surface area contributed by atoms with Crippen LogP contribution in [0.4, 0.5) is 5.69 Å². The second-order valence-electron chi connectivity index (χ2n) is 6.54. The number of nitrogens with one attached hydrogen (secondary N) is 1. The summed E-state index contributed by atoms with van der Waals surface area (Å²) in [7, 11) is 1.52. The fraction of sp³-hybridized carbons (Fsp3) is 0.174. The quantitative estimate of drug-likeness (QED) is 0.602. The molecule has 1 amide bonds. The Labute approximate surface area is 175 Å². The minimum atomic E-state index is -0.271. The lowest BCUT2D eigenvalue weighted by Crippen LogP contribution is -2.11. The summed E-state index contributed by atoms with van der Waals surface area (Å²) < 4.78 is 12.4. The van der Waals surface area contributed by atoms with Crippen LogP contribution in [0.1, 0.15) is 17.0 Å². The monoisotopic (exact) mass is 402 g/mol. The molecule has 1 heterocycles. The summed E-state index contributed by atoms with van der Waals surface area (Å²) in [6, 6.07) is 16.6. The highest BCUT2D eigenvalue weighted by atomic mass is 16.5. The van der Waals surface area contributed by atoms with Crippen LogP contribution in [-0.2, 0) is 4.79 Å². The van der Waals surface area contributed by atoms with Gasteiger partial charge in [-0.25, -0.2) is 4.68 Å². The molecule has 0 unspecified atom stereocenters. The van der Waals surface area contributed by atoms with Crippen molar-refractivity contribution in [3.8, 4) is 23.3 Å². The summed E-state index contributed by atoms with van der Waals surface area (Å²) in [5, 5.41) is 16.0. The Balaban J connectivity index is 1.76. The van der Waals surface area contributed by atoms with Crippen LogP contribution in [-0.4, -0.2) is 29.4 Å². The fourth-order valence-corrected chi connectivity index (χ4v) is 3.00. The minimum absolute atomic E-state index is 0.0669. The van der Waals surface area contributed by atoms with Gasteiger partial charge in [-0.1, -0.05) is 18.2 Å². The Morgan fingerprint density at radius 2 is 2.00 bits per heavy atom. The van der Waals surface area contributed by atoms with E-state index in [2.05, 4.69) is 10.4 Å². The van der Waals surface area contributed by atoms with Gasteiger partial charge >= 0.3 is 0 Å².